The van der Waals surface area contributed by atoms with Crippen LogP contribution in [0.3, 0.4) is 0 Å². The van der Waals surface area contributed by atoms with E-state index in [9.17, 15) is 32.5 Å². The zero-order valence-corrected chi connectivity index (χ0v) is 20.5. The van der Waals surface area contributed by atoms with E-state index < -0.39 is 63.9 Å². The molecule has 3 aromatic heterocycles. The van der Waals surface area contributed by atoms with Gasteiger partial charge in [-0.25, -0.2) is 46.7 Å². The van der Waals surface area contributed by atoms with Crippen LogP contribution in [0.5, 0.6) is 0 Å². The molecule has 0 fully saturated rings. The minimum absolute atomic E-state index is 0.0110. The summed E-state index contributed by atoms with van der Waals surface area (Å²) in [6, 6.07) is 8.49. The molecule has 6 aromatic rings. The van der Waals surface area contributed by atoms with Crippen molar-refractivity contribution in [2.45, 2.75) is 0 Å². The monoisotopic (exact) mass is 581 g/mol. The fourth-order valence-electron chi connectivity index (χ4n) is 3.96. The van der Waals surface area contributed by atoms with Gasteiger partial charge in [-0.05, 0) is 18.2 Å². The van der Waals surface area contributed by atoms with E-state index in [1.807, 2.05) is 12.1 Å². The van der Waals surface area contributed by atoms with E-state index in [1.165, 1.54) is 24.3 Å². The van der Waals surface area contributed by atoms with Gasteiger partial charge in [0.15, 0.2) is 46.1 Å². The van der Waals surface area contributed by atoms with Crippen molar-refractivity contribution in [3.63, 3.8) is 0 Å². The lowest BCUT2D eigenvalue weighted by Gasteiger charge is -2.08. The smallest absolute Gasteiger partial charge is 0.266 e. The maximum absolute atomic E-state index is 14.8. The second-order valence-electron chi connectivity index (χ2n) is 8.41. The lowest BCUT2D eigenvalue weighted by atomic mass is 10.1. The highest BCUT2D eigenvalue weighted by Crippen LogP contribution is 2.36. The van der Waals surface area contributed by atoms with Crippen LogP contribution < -0.4 is 0 Å². The summed E-state index contributed by atoms with van der Waals surface area (Å²) in [5.41, 5.74) is -1.65. The van der Waals surface area contributed by atoms with Crippen molar-refractivity contribution in [2.24, 2.45) is 0 Å². The maximum Gasteiger partial charge on any atom is 0.266 e. The third-order valence-corrected chi connectivity index (χ3v) is 5.95. The molecule has 0 saturated heterocycles. The molecule has 204 valence electrons. The highest BCUT2D eigenvalue weighted by atomic mass is 19.2. The number of rotatable bonds is 3. The summed E-state index contributed by atoms with van der Waals surface area (Å²) < 4.78 is 82.8. The molecule has 43 heavy (non-hydrogen) atoms. The first-order chi connectivity index (χ1) is 20.7. The molecule has 0 N–H and O–H groups in total. The van der Waals surface area contributed by atoms with Gasteiger partial charge in [0.2, 0.25) is 17.5 Å². The van der Waals surface area contributed by atoms with Gasteiger partial charge in [0.1, 0.15) is 23.2 Å². The summed E-state index contributed by atoms with van der Waals surface area (Å²) in [6.07, 6.45) is 0. The molecule has 16 heteroatoms. The number of oxazole rings is 2. The number of halogens is 5. The first-order valence-corrected chi connectivity index (χ1v) is 11.4. The Labute approximate surface area is 234 Å². The third-order valence-electron chi connectivity index (χ3n) is 5.95. The summed E-state index contributed by atoms with van der Waals surface area (Å²) in [4.78, 5) is 26.5. The highest BCUT2D eigenvalue weighted by molar-refractivity contribution is 5.88. The van der Waals surface area contributed by atoms with Crippen LogP contribution in [-0.2, 0) is 0 Å². The predicted octanol–water partition coefficient (Wildman–Crippen LogP) is 6.70. The number of nitrogens with zero attached hydrogens (tertiary/aromatic N) is 9. The average molecular weight is 581 g/mol. The number of hydrogen-bond acceptors (Lipinski definition) is 9. The molecule has 0 aliphatic carbocycles. The van der Waals surface area contributed by atoms with E-state index in [0.29, 0.717) is 0 Å². The Morgan fingerprint density at radius 3 is 1.56 bits per heavy atom. The van der Waals surface area contributed by atoms with Gasteiger partial charge in [0.05, 0.1) is 35.4 Å². The van der Waals surface area contributed by atoms with Gasteiger partial charge in [0.25, 0.3) is 11.8 Å². The van der Waals surface area contributed by atoms with E-state index in [1.54, 1.807) is 0 Å². The van der Waals surface area contributed by atoms with Gasteiger partial charge in [-0.15, -0.1) is 0 Å². The zero-order valence-electron chi connectivity index (χ0n) is 20.5. The molecular weight excluding hydrogens is 577 g/mol. The Morgan fingerprint density at radius 2 is 1.02 bits per heavy atom. The molecule has 0 atom stereocenters. The third kappa shape index (κ3) is 4.11. The Kier molecular flexibility index (Phi) is 5.96. The summed E-state index contributed by atoms with van der Waals surface area (Å²) in [7, 11) is 0. The number of hydrogen-bond donors (Lipinski definition) is 0. The number of aromatic nitrogens is 5. The fourth-order valence-corrected chi connectivity index (χ4v) is 3.96. The largest absolute Gasteiger partial charge is 0.435 e. The van der Waals surface area contributed by atoms with Crippen LogP contribution >= 0.6 is 0 Å². The Bertz CT molecular complexity index is 2110. The molecule has 0 saturated carbocycles. The van der Waals surface area contributed by atoms with Crippen molar-refractivity contribution >= 4 is 33.6 Å². The van der Waals surface area contributed by atoms with Gasteiger partial charge >= 0.3 is 0 Å². The molecule has 3 aromatic carbocycles. The number of nitriles is 2. The van der Waals surface area contributed by atoms with Crippen LogP contribution in [0.15, 0.2) is 33.1 Å². The second-order valence-corrected chi connectivity index (χ2v) is 8.41. The van der Waals surface area contributed by atoms with Crippen LogP contribution in [0.25, 0.3) is 66.7 Å². The molecule has 0 bridgehead atoms. The van der Waals surface area contributed by atoms with Crippen LogP contribution in [0.1, 0.15) is 11.1 Å². The van der Waals surface area contributed by atoms with Crippen LogP contribution in [0.2, 0.25) is 0 Å². The summed E-state index contributed by atoms with van der Waals surface area (Å²) in [5, 5.41) is 18.6. The molecule has 0 spiro atoms. The summed E-state index contributed by atoms with van der Waals surface area (Å²) in [6.45, 7) is 14.5. The number of benzene rings is 3. The Morgan fingerprint density at radius 1 is 0.581 bits per heavy atom. The quantitative estimate of drug-likeness (QED) is 0.0964. The molecule has 0 aliphatic heterocycles. The van der Waals surface area contributed by atoms with Crippen LogP contribution in [0, 0.1) is 64.9 Å². The minimum Gasteiger partial charge on any atom is -0.435 e. The molecule has 6 rings (SSSR count). The molecule has 3 heterocycles. The maximum atomic E-state index is 14.8. The van der Waals surface area contributed by atoms with E-state index in [0.717, 1.165) is 0 Å². The zero-order chi connectivity index (χ0) is 30.6. The molecule has 11 nitrogen and oxygen atoms in total. The fraction of sp³-hybridized carbons (Fsp3) is 0. The minimum atomic E-state index is -2.40. The normalized spacial score (nSPS) is 10.8. The van der Waals surface area contributed by atoms with Crippen molar-refractivity contribution in [3.8, 4) is 47.0 Å². The molecule has 0 amide bonds. The van der Waals surface area contributed by atoms with Gasteiger partial charge in [-0.2, -0.15) is 15.5 Å². The topological polar surface area (TPSA) is 147 Å². The molecule has 0 radical (unpaired) electrons. The van der Waals surface area contributed by atoms with Gasteiger partial charge in [0, 0.05) is 6.07 Å². The second kappa shape index (κ2) is 9.70. The predicted molar refractivity (Wildman–Crippen MR) is 133 cm³/mol. The highest BCUT2D eigenvalue weighted by Gasteiger charge is 2.30. The van der Waals surface area contributed by atoms with Crippen molar-refractivity contribution in [2.75, 3.05) is 0 Å². The summed E-state index contributed by atoms with van der Waals surface area (Å²) >= 11 is 0. The van der Waals surface area contributed by atoms with Crippen molar-refractivity contribution in [1.29, 1.82) is 10.5 Å². The summed E-state index contributed by atoms with van der Waals surface area (Å²) in [5.74, 6) is -14.5. The average Bonchev–Trinajstić information content (AvgIpc) is 3.64. The Balaban J connectivity index is 1.63. The van der Waals surface area contributed by atoms with Gasteiger partial charge in [-0.1, -0.05) is 0 Å². The van der Waals surface area contributed by atoms with E-state index in [-0.39, 0.29) is 44.7 Å². The van der Waals surface area contributed by atoms with E-state index in [4.69, 9.17) is 22.0 Å². The molecule has 0 unspecified atom stereocenters. The SMILES string of the molecule is [C-]#[N+]c1cc2nc(-c3nc(-c4nc5cc(C#N)c(C#N)cc5o4)nc(-c4c(F)c(F)c(F)c(F)c4F)n3)oc2cc1[N+]#[C-]. The van der Waals surface area contributed by atoms with E-state index >= 15 is 0 Å². The first-order valence-electron chi connectivity index (χ1n) is 11.4. The van der Waals surface area contributed by atoms with Gasteiger partial charge < -0.3 is 8.83 Å². The number of fused-ring (bicyclic) bond motifs is 2. The first kappa shape index (κ1) is 26.4. The standard InChI is InChI=1S/C27H4F5N9O2/c1-35-11-5-14-16(6-12(11)36-2)43-27(38-14)25-40-23(17-18(28)20(30)22(32)21(31)19(17)29)39-24(41-25)26-37-13-3-9(7-33)10(8-34)4-15(13)42-26/h3-6H. The van der Waals surface area contributed by atoms with Crippen molar-refractivity contribution in [1.82, 2.24) is 24.9 Å². The van der Waals surface area contributed by atoms with E-state index in [2.05, 4.69) is 34.6 Å². The molecular formula is C27H4F5N9O2. The lowest BCUT2D eigenvalue weighted by Crippen LogP contribution is -2.08. The van der Waals surface area contributed by atoms with Crippen molar-refractivity contribution in [3.05, 3.63) is 87.3 Å². The molecule has 0 aliphatic rings. The van der Waals surface area contributed by atoms with Crippen LogP contribution in [0.4, 0.5) is 33.3 Å². The Hall–Kier alpha value is -6.78. The van der Waals surface area contributed by atoms with Crippen LogP contribution in [-0.4, -0.2) is 24.9 Å². The van der Waals surface area contributed by atoms with Crippen molar-refractivity contribution < 1.29 is 30.8 Å². The van der Waals surface area contributed by atoms with Gasteiger partial charge in [-0.3, -0.25) is 4.85 Å². The lowest BCUT2D eigenvalue weighted by molar-refractivity contribution is 0.380.